The van der Waals surface area contributed by atoms with Gasteiger partial charge in [-0.25, -0.2) is 0 Å². The standard InChI is InChI=1S/C14H30N4/c1-4-15-14(16-5-2)17-9-7-11-18-10-6-8-13(3)12-18/h13H,4-12H2,1-3H3,(H2,15,16,17). The SMILES string of the molecule is CCNC(=NCCCN1CCCC(C)C1)NCC. The lowest BCUT2D eigenvalue weighted by Crippen LogP contribution is -2.37. The van der Waals surface area contributed by atoms with E-state index in [9.17, 15) is 0 Å². The van der Waals surface area contributed by atoms with E-state index in [1.54, 1.807) is 0 Å². The van der Waals surface area contributed by atoms with Gasteiger partial charge in [-0.3, -0.25) is 4.99 Å². The topological polar surface area (TPSA) is 39.7 Å². The Bertz CT molecular complexity index is 232. The van der Waals surface area contributed by atoms with Crippen LogP contribution in [-0.2, 0) is 0 Å². The van der Waals surface area contributed by atoms with E-state index in [0.717, 1.165) is 37.9 Å². The van der Waals surface area contributed by atoms with Crippen molar-refractivity contribution in [1.82, 2.24) is 15.5 Å². The molecule has 1 unspecified atom stereocenters. The Labute approximate surface area is 112 Å². The van der Waals surface area contributed by atoms with Gasteiger partial charge in [-0.05, 0) is 52.1 Å². The third kappa shape index (κ3) is 6.24. The molecule has 0 bridgehead atoms. The minimum atomic E-state index is 0.876. The Morgan fingerprint density at radius 3 is 2.61 bits per heavy atom. The zero-order valence-corrected chi connectivity index (χ0v) is 12.3. The van der Waals surface area contributed by atoms with Gasteiger partial charge in [-0.15, -0.1) is 0 Å². The Hall–Kier alpha value is -0.770. The number of nitrogens with one attached hydrogen (secondary N) is 2. The highest BCUT2D eigenvalue weighted by Gasteiger charge is 2.15. The minimum Gasteiger partial charge on any atom is -0.357 e. The summed E-state index contributed by atoms with van der Waals surface area (Å²) in [5, 5.41) is 6.51. The summed E-state index contributed by atoms with van der Waals surface area (Å²) < 4.78 is 0. The van der Waals surface area contributed by atoms with E-state index in [4.69, 9.17) is 0 Å². The van der Waals surface area contributed by atoms with Gasteiger partial charge in [0.05, 0.1) is 0 Å². The van der Waals surface area contributed by atoms with E-state index < -0.39 is 0 Å². The van der Waals surface area contributed by atoms with E-state index in [1.165, 1.54) is 32.5 Å². The van der Waals surface area contributed by atoms with Crippen LogP contribution < -0.4 is 10.6 Å². The predicted octanol–water partition coefficient (Wildman–Crippen LogP) is 1.68. The molecule has 1 aliphatic rings. The fourth-order valence-electron chi connectivity index (χ4n) is 2.48. The van der Waals surface area contributed by atoms with Gasteiger partial charge >= 0.3 is 0 Å². The molecule has 2 N–H and O–H groups in total. The number of likely N-dealkylation sites (tertiary alicyclic amines) is 1. The predicted molar refractivity (Wildman–Crippen MR) is 79.1 cm³/mol. The van der Waals surface area contributed by atoms with Gasteiger partial charge in [0.15, 0.2) is 5.96 Å². The minimum absolute atomic E-state index is 0.876. The number of aliphatic imine (C=N–C) groups is 1. The van der Waals surface area contributed by atoms with Crippen LogP contribution in [0.15, 0.2) is 4.99 Å². The van der Waals surface area contributed by atoms with Gasteiger partial charge in [-0.2, -0.15) is 0 Å². The summed E-state index contributed by atoms with van der Waals surface area (Å²) in [6, 6.07) is 0. The summed E-state index contributed by atoms with van der Waals surface area (Å²) in [5.41, 5.74) is 0. The van der Waals surface area contributed by atoms with Crippen LogP contribution in [0.3, 0.4) is 0 Å². The Morgan fingerprint density at radius 2 is 2.00 bits per heavy atom. The summed E-state index contributed by atoms with van der Waals surface area (Å²) in [5.74, 6) is 1.83. The monoisotopic (exact) mass is 254 g/mol. The molecule has 1 fully saturated rings. The maximum Gasteiger partial charge on any atom is 0.191 e. The molecule has 1 heterocycles. The summed E-state index contributed by atoms with van der Waals surface area (Å²) in [6.07, 6.45) is 3.93. The summed E-state index contributed by atoms with van der Waals surface area (Å²) in [7, 11) is 0. The third-order valence-electron chi connectivity index (χ3n) is 3.33. The molecule has 0 aromatic rings. The first-order chi connectivity index (χ1) is 8.76. The number of rotatable bonds is 6. The van der Waals surface area contributed by atoms with Gasteiger partial charge in [0, 0.05) is 26.2 Å². The van der Waals surface area contributed by atoms with Crippen LogP contribution in [0.1, 0.15) is 40.0 Å². The van der Waals surface area contributed by atoms with Crippen LogP contribution in [0.4, 0.5) is 0 Å². The third-order valence-corrected chi connectivity index (χ3v) is 3.33. The van der Waals surface area contributed by atoms with Crippen LogP contribution in [0.5, 0.6) is 0 Å². The zero-order valence-electron chi connectivity index (χ0n) is 12.3. The largest absolute Gasteiger partial charge is 0.357 e. The maximum atomic E-state index is 4.57. The number of guanidine groups is 1. The van der Waals surface area contributed by atoms with Crippen molar-refractivity contribution in [2.45, 2.75) is 40.0 Å². The Morgan fingerprint density at radius 1 is 1.28 bits per heavy atom. The average Bonchev–Trinajstić information content (AvgIpc) is 2.35. The van der Waals surface area contributed by atoms with Gasteiger partial charge in [-0.1, -0.05) is 6.92 Å². The summed E-state index contributed by atoms with van der Waals surface area (Å²) in [6.45, 7) is 13.1. The van der Waals surface area contributed by atoms with Crippen molar-refractivity contribution in [3.05, 3.63) is 0 Å². The maximum absolute atomic E-state index is 4.57. The van der Waals surface area contributed by atoms with Crippen molar-refractivity contribution in [2.24, 2.45) is 10.9 Å². The molecule has 1 atom stereocenters. The zero-order chi connectivity index (χ0) is 13.2. The van der Waals surface area contributed by atoms with Crippen LogP contribution in [0.25, 0.3) is 0 Å². The van der Waals surface area contributed by atoms with E-state index in [1.807, 2.05) is 0 Å². The van der Waals surface area contributed by atoms with Crippen molar-refractivity contribution in [1.29, 1.82) is 0 Å². The molecule has 1 saturated heterocycles. The van der Waals surface area contributed by atoms with Gasteiger partial charge in [0.2, 0.25) is 0 Å². The first-order valence-electron chi connectivity index (χ1n) is 7.50. The van der Waals surface area contributed by atoms with Crippen LogP contribution >= 0.6 is 0 Å². The van der Waals surface area contributed by atoms with Crippen molar-refractivity contribution in [3.8, 4) is 0 Å². The second kappa shape index (κ2) is 9.20. The molecular weight excluding hydrogens is 224 g/mol. The quantitative estimate of drug-likeness (QED) is 0.430. The van der Waals surface area contributed by atoms with E-state index in [-0.39, 0.29) is 0 Å². The van der Waals surface area contributed by atoms with Crippen molar-refractivity contribution in [2.75, 3.05) is 39.3 Å². The molecule has 0 aliphatic carbocycles. The molecule has 1 rings (SSSR count). The van der Waals surface area contributed by atoms with E-state index >= 15 is 0 Å². The van der Waals surface area contributed by atoms with Crippen LogP contribution in [-0.4, -0.2) is 50.1 Å². The Kier molecular flexibility index (Phi) is 7.81. The Balaban J connectivity index is 2.17. The number of nitrogens with zero attached hydrogens (tertiary/aromatic N) is 2. The van der Waals surface area contributed by atoms with Crippen LogP contribution in [0, 0.1) is 5.92 Å². The molecule has 106 valence electrons. The molecule has 0 aromatic carbocycles. The van der Waals surface area contributed by atoms with Gasteiger partial charge in [0.1, 0.15) is 0 Å². The smallest absolute Gasteiger partial charge is 0.191 e. The van der Waals surface area contributed by atoms with Crippen molar-refractivity contribution in [3.63, 3.8) is 0 Å². The van der Waals surface area contributed by atoms with E-state index in [0.29, 0.717) is 0 Å². The fourth-order valence-corrected chi connectivity index (χ4v) is 2.48. The molecule has 18 heavy (non-hydrogen) atoms. The highest BCUT2D eigenvalue weighted by molar-refractivity contribution is 5.79. The highest BCUT2D eigenvalue weighted by atomic mass is 15.2. The normalized spacial score (nSPS) is 20.5. The number of hydrogen-bond acceptors (Lipinski definition) is 2. The highest BCUT2D eigenvalue weighted by Crippen LogP contribution is 2.15. The molecule has 1 aliphatic heterocycles. The second-order valence-electron chi connectivity index (χ2n) is 5.19. The number of piperidine rings is 1. The van der Waals surface area contributed by atoms with Crippen molar-refractivity contribution >= 4 is 5.96 Å². The molecule has 0 spiro atoms. The lowest BCUT2D eigenvalue weighted by Gasteiger charge is -2.30. The first-order valence-corrected chi connectivity index (χ1v) is 7.50. The molecule has 0 amide bonds. The molecule has 0 saturated carbocycles. The van der Waals surface area contributed by atoms with Crippen molar-refractivity contribution < 1.29 is 0 Å². The fraction of sp³-hybridized carbons (Fsp3) is 0.929. The molecule has 4 heteroatoms. The summed E-state index contributed by atoms with van der Waals surface area (Å²) in [4.78, 5) is 7.16. The average molecular weight is 254 g/mol. The van der Waals surface area contributed by atoms with Gasteiger partial charge < -0.3 is 15.5 Å². The number of hydrogen-bond donors (Lipinski definition) is 2. The molecule has 4 nitrogen and oxygen atoms in total. The molecule has 0 aromatic heterocycles. The summed E-state index contributed by atoms with van der Waals surface area (Å²) >= 11 is 0. The van der Waals surface area contributed by atoms with Crippen LogP contribution in [0.2, 0.25) is 0 Å². The molecular formula is C14H30N4. The lowest BCUT2D eigenvalue weighted by molar-refractivity contribution is 0.183. The first kappa shape index (κ1) is 15.3. The molecule has 0 radical (unpaired) electrons. The van der Waals surface area contributed by atoms with Gasteiger partial charge in [0.25, 0.3) is 0 Å². The lowest BCUT2D eigenvalue weighted by atomic mass is 10.0. The second-order valence-corrected chi connectivity index (χ2v) is 5.19. The van der Waals surface area contributed by atoms with E-state index in [2.05, 4.69) is 41.3 Å².